The molecule has 0 aliphatic rings. The number of carbonyl (C=O) groups excluding carboxylic acids is 1. The topological polar surface area (TPSA) is 29.5 Å². The predicted molar refractivity (Wildman–Crippen MR) is 143 cm³/mol. The summed E-state index contributed by atoms with van der Waals surface area (Å²) in [4.78, 5) is 15.0. The summed E-state index contributed by atoms with van der Waals surface area (Å²) in [6.07, 6.45) is 0.127. The Morgan fingerprint density at radius 1 is 0.833 bits per heavy atom. The normalized spacial score (nSPS) is 12.8. The minimum Gasteiger partial charge on any atom is -0.466 e. The van der Waals surface area contributed by atoms with Crippen LogP contribution in [0.5, 0.6) is 0 Å². The van der Waals surface area contributed by atoms with Gasteiger partial charge in [0, 0.05) is 24.2 Å². The van der Waals surface area contributed by atoms with Gasteiger partial charge in [0.05, 0.1) is 13.0 Å². The molecule has 0 N–H and O–H groups in total. The largest absolute Gasteiger partial charge is 0.466 e. The highest BCUT2D eigenvalue weighted by atomic mass is 19.1. The molecule has 0 radical (unpaired) electrons. The van der Waals surface area contributed by atoms with Crippen molar-refractivity contribution < 1.29 is 13.9 Å². The maximum absolute atomic E-state index is 15.5. The van der Waals surface area contributed by atoms with E-state index in [2.05, 4.69) is 36.1 Å². The Morgan fingerprint density at radius 3 is 2.06 bits per heavy atom. The molecule has 0 aromatic heterocycles. The van der Waals surface area contributed by atoms with E-state index in [1.807, 2.05) is 78.9 Å². The lowest BCUT2D eigenvalue weighted by Crippen LogP contribution is -2.33. The van der Waals surface area contributed by atoms with Crippen LogP contribution in [-0.4, -0.2) is 17.5 Å². The molecule has 4 aromatic carbocycles. The third-order valence-electron chi connectivity index (χ3n) is 6.52. The highest BCUT2D eigenvalue weighted by Crippen LogP contribution is 2.36. The molecule has 0 spiro atoms. The third-order valence-corrected chi connectivity index (χ3v) is 6.52. The molecule has 0 aliphatic heterocycles. The van der Waals surface area contributed by atoms with Crippen molar-refractivity contribution in [3.63, 3.8) is 0 Å². The van der Waals surface area contributed by atoms with Gasteiger partial charge >= 0.3 is 5.97 Å². The molecule has 0 saturated carbocycles. The lowest BCUT2D eigenvalue weighted by Gasteiger charge is -2.37. The molecule has 0 heterocycles. The van der Waals surface area contributed by atoms with Crippen molar-refractivity contribution in [3.8, 4) is 11.1 Å². The first-order valence-corrected chi connectivity index (χ1v) is 12.4. The zero-order valence-corrected chi connectivity index (χ0v) is 20.8. The Labute approximate surface area is 213 Å². The molecule has 0 aliphatic carbocycles. The molecule has 0 amide bonds. The van der Waals surface area contributed by atoms with E-state index in [1.54, 1.807) is 13.0 Å². The number of benzene rings is 4. The average molecular weight is 482 g/mol. The van der Waals surface area contributed by atoms with Gasteiger partial charge in [0.15, 0.2) is 0 Å². The fraction of sp³-hybridized carbons (Fsp3) is 0.219. The molecular weight excluding hydrogens is 449 g/mol. The second kappa shape index (κ2) is 12.3. The first-order chi connectivity index (χ1) is 17.6. The standard InChI is InChI=1S/C32H32FNO2/c1-3-36-32(35)22-31(28-19-20-29(30(33)21-28)27-17-11-6-12-18-27)34(23-25-13-7-4-8-14-25)24(2)26-15-9-5-10-16-26/h4-21,24,31H,3,22-23H2,1-2H3. The summed E-state index contributed by atoms with van der Waals surface area (Å²) < 4.78 is 20.8. The van der Waals surface area contributed by atoms with Gasteiger partial charge in [-0.3, -0.25) is 9.69 Å². The minimum atomic E-state index is -0.376. The summed E-state index contributed by atoms with van der Waals surface area (Å²) in [6.45, 7) is 4.84. The molecule has 4 rings (SSSR count). The lowest BCUT2D eigenvalue weighted by molar-refractivity contribution is -0.145. The number of hydrogen-bond donors (Lipinski definition) is 0. The van der Waals surface area contributed by atoms with Crippen molar-refractivity contribution in [2.24, 2.45) is 0 Å². The first kappa shape index (κ1) is 25.3. The van der Waals surface area contributed by atoms with Crippen LogP contribution < -0.4 is 0 Å². The zero-order valence-electron chi connectivity index (χ0n) is 20.8. The highest BCUT2D eigenvalue weighted by molar-refractivity contribution is 5.71. The number of esters is 1. The van der Waals surface area contributed by atoms with E-state index < -0.39 is 0 Å². The van der Waals surface area contributed by atoms with Crippen LogP contribution in [0.15, 0.2) is 109 Å². The number of hydrogen-bond acceptors (Lipinski definition) is 3. The summed E-state index contributed by atoms with van der Waals surface area (Å²) in [5.41, 5.74) is 4.36. The zero-order chi connectivity index (χ0) is 25.3. The summed E-state index contributed by atoms with van der Waals surface area (Å²) in [5, 5.41) is 0. The Kier molecular flexibility index (Phi) is 8.64. The van der Waals surface area contributed by atoms with Crippen LogP contribution in [0.1, 0.15) is 49.0 Å². The molecule has 36 heavy (non-hydrogen) atoms. The first-order valence-electron chi connectivity index (χ1n) is 12.4. The second-order valence-electron chi connectivity index (χ2n) is 8.87. The Hall–Kier alpha value is -3.76. The summed E-state index contributed by atoms with van der Waals surface area (Å²) >= 11 is 0. The Morgan fingerprint density at radius 2 is 1.44 bits per heavy atom. The second-order valence-corrected chi connectivity index (χ2v) is 8.87. The summed E-state index contributed by atoms with van der Waals surface area (Å²) in [5.74, 6) is -0.604. The van der Waals surface area contributed by atoms with Gasteiger partial charge in [0.25, 0.3) is 0 Å². The van der Waals surface area contributed by atoms with Crippen LogP contribution in [0.4, 0.5) is 4.39 Å². The number of nitrogens with zero attached hydrogens (tertiary/aromatic N) is 1. The van der Waals surface area contributed by atoms with Crippen LogP contribution in [0.3, 0.4) is 0 Å². The monoisotopic (exact) mass is 481 g/mol. The van der Waals surface area contributed by atoms with E-state index in [0.717, 1.165) is 22.3 Å². The van der Waals surface area contributed by atoms with Crippen LogP contribution in [0, 0.1) is 5.82 Å². The van der Waals surface area contributed by atoms with Crippen LogP contribution >= 0.6 is 0 Å². The number of ether oxygens (including phenoxy) is 1. The van der Waals surface area contributed by atoms with Crippen molar-refractivity contribution in [2.45, 2.75) is 38.9 Å². The SMILES string of the molecule is CCOC(=O)CC(c1ccc(-c2ccccc2)c(F)c1)N(Cc1ccccc1)C(C)c1ccccc1. The number of halogens is 1. The molecule has 2 unspecified atom stereocenters. The smallest absolute Gasteiger partial charge is 0.307 e. The summed E-state index contributed by atoms with van der Waals surface area (Å²) in [6, 6.07) is 34.8. The molecule has 0 fully saturated rings. The van der Waals surface area contributed by atoms with E-state index in [1.165, 1.54) is 0 Å². The van der Waals surface area contributed by atoms with Gasteiger partial charge < -0.3 is 4.74 Å². The van der Waals surface area contributed by atoms with Crippen molar-refractivity contribution >= 4 is 5.97 Å². The van der Waals surface area contributed by atoms with E-state index >= 15 is 4.39 Å². The predicted octanol–water partition coefficient (Wildman–Crippen LogP) is 7.75. The molecule has 4 aromatic rings. The van der Waals surface area contributed by atoms with Gasteiger partial charge in [-0.15, -0.1) is 0 Å². The molecule has 0 saturated heterocycles. The van der Waals surface area contributed by atoms with Gasteiger partial charge in [0.1, 0.15) is 5.82 Å². The summed E-state index contributed by atoms with van der Waals surface area (Å²) in [7, 11) is 0. The van der Waals surface area contributed by atoms with Gasteiger partial charge in [-0.1, -0.05) is 103 Å². The quantitative estimate of drug-likeness (QED) is 0.217. The lowest BCUT2D eigenvalue weighted by atomic mass is 9.94. The van der Waals surface area contributed by atoms with E-state index in [-0.39, 0.29) is 30.3 Å². The Bertz CT molecular complexity index is 1250. The molecule has 4 heteroatoms. The van der Waals surface area contributed by atoms with Crippen LogP contribution in [0.25, 0.3) is 11.1 Å². The maximum atomic E-state index is 15.5. The molecule has 3 nitrogen and oxygen atoms in total. The third kappa shape index (κ3) is 6.27. The van der Waals surface area contributed by atoms with Crippen LogP contribution in [-0.2, 0) is 16.1 Å². The maximum Gasteiger partial charge on any atom is 0.307 e. The van der Waals surface area contributed by atoms with Gasteiger partial charge in [0.2, 0.25) is 0 Å². The Balaban J connectivity index is 1.77. The number of carbonyl (C=O) groups is 1. The average Bonchev–Trinajstić information content (AvgIpc) is 2.92. The highest BCUT2D eigenvalue weighted by Gasteiger charge is 2.29. The van der Waals surface area contributed by atoms with Crippen molar-refractivity contribution in [2.75, 3.05) is 6.61 Å². The minimum absolute atomic E-state index is 0.0253. The molecule has 0 bridgehead atoms. The van der Waals surface area contributed by atoms with Crippen molar-refractivity contribution in [1.82, 2.24) is 4.90 Å². The number of rotatable bonds is 10. The van der Waals surface area contributed by atoms with E-state index in [9.17, 15) is 4.79 Å². The van der Waals surface area contributed by atoms with Crippen molar-refractivity contribution in [3.05, 3.63) is 132 Å². The fourth-order valence-corrected chi connectivity index (χ4v) is 4.63. The van der Waals surface area contributed by atoms with Gasteiger partial charge in [-0.25, -0.2) is 4.39 Å². The fourth-order valence-electron chi connectivity index (χ4n) is 4.63. The van der Waals surface area contributed by atoms with E-state index in [4.69, 9.17) is 4.74 Å². The molecular formula is C32H32FNO2. The molecule has 2 atom stereocenters. The van der Waals surface area contributed by atoms with Gasteiger partial charge in [-0.05, 0) is 42.2 Å². The van der Waals surface area contributed by atoms with Crippen LogP contribution in [0.2, 0.25) is 0 Å². The van der Waals surface area contributed by atoms with Crippen molar-refractivity contribution in [1.29, 1.82) is 0 Å². The van der Waals surface area contributed by atoms with E-state index in [0.29, 0.717) is 18.7 Å². The molecule has 184 valence electrons. The van der Waals surface area contributed by atoms with Gasteiger partial charge in [-0.2, -0.15) is 0 Å².